The Kier molecular flexibility index (Phi) is 5.20. The lowest BCUT2D eigenvalue weighted by Gasteiger charge is -2.12. The number of aliphatic hydroxyl groups excluding tert-OH is 2. The molecule has 0 saturated carbocycles. The number of carbonyl (C=O) groups excluding carboxylic acids is 1. The van der Waals surface area contributed by atoms with Crippen molar-refractivity contribution in [2.45, 2.75) is 6.04 Å². The number of rotatable bonds is 4. The molecule has 0 atom stereocenters. The lowest BCUT2D eigenvalue weighted by Crippen LogP contribution is -2.40. The van der Waals surface area contributed by atoms with Crippen molar-refractivity contribution < 1.29 is 15.0 Å². The van der Waals surface area contributed by atoms with Gasteiger partial charge in [-0.1, -0.05) is 0 Å². The van der Waals surface area contributed by atoms with Gasteiger partial charge in [-0.2, -0.15) is 0 Å². The van der Waals surface area contributed by atoms with Crippen molar-refractivity contribution in [2.75, 3.05) is 13.2 Å². The molecule has 15 heavy (non-hydrogen) atoms. The first kappa shape index (κ1) is 13.1. The molecule has 1 aromatic rings. The van der Waals surface area contributed by atoms with Crippen LogP contribution in [-0.4, -0.2) is 35.4 Å². The van der Waals surface area contributed by atoms with Crippen LogP contribution in [0.15, 0.2) is 13.6 Å². The van der Waals surface area contributed by atoms with Crippen molar-refractivity contribution in [1.29, 1.82) is 0 Å². The molecule has 0 bridgehead atoms. The van der Waals surface area contributed by atoms with Crippen LogP contribution in [0.25, 0.3) is 0 Å². The van der Waals surface area contributed by atoms with Crippen molar-refractivity contribution in [3.8, 4) is 0 Å². The predicted molar refractivity (Wildman–Crippen MR) is 65.1 cm³/mol. The molecule has 1 rings (SSSR count). The fraction of sp³-hybridized carbons (Fsp3) is 0.375. The topological polar surface area (TPSA) is 69.6 Å². The average Bonchev–Trinajstić information content (AvgIpc) is 2.54. The quantitative estimate of drug-likeness (QED) is 0.761. The third-order valence-corrected chi connectivity index (χ3v) is 4.02. The summed E-state index contributed by atoms with van der Waals surface area (Å²) < 4.78 is 1.55. The Labute approximate surface area is 108 Å². The van der Waals surface area contributed by atoms with Gasteiger partial charge in [0.1, 0.15) is 0 Å². The van der Waals surface area contributed by atoms with Gasteiger partial charge in [0, 0.05) is 0 Å². The van der Waals surface area contributed by atoms with Gasteiger partial charge >= 0.3 is 0 Å². The van der Waals surface area contributed by atoms with Crippen LogP contribution in [0.2, 0.25) is 0 Å². The molecule has 7 heteroatoms. The smallest absolute Gasteiger partial charge is 0.253 e. The highest BCUT2D eigenvalue weighted by atomic mass is 79.9. The van der Waals surface area contributed by atoms with E-state index in [1.54, 1.807) is 6.07 Å². The Morgan fingerprint density at radius 2 is 2.07 bits per heavy atom. The van der Waals surface area contributed by atoms with Crippen LogP contribution < -0.4 is 5.32 Å². The first-order valence-electron chi connectivity index (χ1n) is 4.06. The highest BCUT2D eigenvalue weighted by Gasteiger charge is 2.16. The second-order valence-corrected chi connectivity index (χ2v) is 6.52. The van der Waals surface area contributed by atoms with E-state index in [1.807, 2.05) is 0 Å². The number of halogens is 2. The maximum Gasteiger partial charge on any atom is 0.253 e. The molecule has 1 amide bonds. The van der Waals surface area contributed by atoms with E-state index in [4.69, 9.17) is 10.2 Å². The molecule has 0 aliphatic rings. The molecular weight excluding hydrogens is 350 g/mol. The molecule has 0 fully saturated rings. The lowest BCUT2D eigenvalue weighted by atomic mass is 10.2. The average molecular weight is 359 g/mol. The molecule has 0 aliphatic carbocycles. The Hall–Kier alpha value is 0.0500. The van der Waals surface area contributed by atoms with Crippen molar-refractivity contribution in [1.82, 2.24) is 5.32 Å². The Bertz CT molecular complexity index is 352. The molecule has 1 heterocycles. The number of hydrogen-bond acceptors (Lipinski definition) is 4. The van der Waals surface area contributed by atoms with Gasteiger partial charge < -0.3 is 15.5 Å². The van der Waals surface area contributed by atoms with Crippen LogP contribution in [0.5, 0.6) is 0 Å². The van der Waals surface area contributed by atoms with Crippen molar-refractivity contribution >= 4 is 49.1 Å². The zero-order valence-electron chi connectivity index (χ0n) is 7.54. The molecule has 0 radical (unpaired) electrons. The van der Waals surface area contributed by atoms with Crippen LogP contribution in [0.1, 0.15) is 10.4 Å². The Balaban J connectivity index is 2.72. The normalized spacial score (nSPS) is 10.7. The summed E-state index contributed by atoms with van der Waals surface area (Å²) >= 11 is 7.90. The molecule has 4 nitrogen and oxygen atoms in total. The summed E-state index contributed by atoms with van der Waals surface area (Å²) in [6.07, 6.45) is 0. The maximum atomic E-state index is 11.6. The van der Waals surface area contributed by atoms with Crippen LogP contribution in [-0.2, 0) is 0 Å². The molecule has 0 unspecified atom stereocenters. The number of hydrogen-bond donors (Lipinski definition) is 3. The zero-order valence-corrected chi connectivity index (χ0v) is 11.5. The summed E-state index contributed by atoms with van der Waals surface area (Å²) in [5, 5.41) is 20.1. The summed E-state index contributed by atoms with van der Waals surface area (Å²) in [6.45, 7) is -0.573. The van der Waals surface area contributed by atoms with E-state index in [0.717, 1.165) is 3.79 Å². The highest BCUT2D eigenvalue weighted by molar-refractivity contribution is 9.12. The molecule has 0 saturated heterocycles. The SMILES string of the molecule is O=C(NC(CO)CO)c1cc(Br)sc1Br. The van der Waals surface area contributed by atoms with Gasteiger partial charge in [0.05, 0.1) is 32.4 Å². The second kappa shape index (κ2) is 5.95. The van der Waals surface area contributed by atoms with E-state index in [2.05, 4.69) is 37.2 Å². The van der Waals surface area contributed by atoms with Crippen LogP contribution >= 0.6 is 43.2 Å². The van der Waals surface area contributed by atoms with E-state index in [9.17, 15) is 4.79 Å². The van der Waals surface area contributed by atoms with Crippen LogP contribution in [0, 0.1) is 0 Å². The van der Waals surface area contributed by atoms with E-state index in [-0.39, 0.29) is 19.1 Å². The number of aliphatic hydroxyl groups is 2. The minimum atomic E-state index is -0.622. The lowest BCUT2D eigenvalue weighted by molar-refractivity contribution is 0.0879. The minimum Gasteiger partial charge on any atom is -0.394 e. The molecular formula is C8H9Br2NO3S. The van der Waals surface area contributed by atoms with Crippen molar-refractivity contribution in [2.24, 2.45) is 0 Å². The summed E-state index contributed by atoms with van der Waals surface area (Å²) in [6, 6.07) is 1.05. The summed E-state index contributed by atoms with van der Waals surface area (Å²) in [7, 11) is 0. The number of amides is 1. The molecule has 0 aromatic carbocycles. The van der Waals surface area contributed by atoms with Gasteiger partial charge in [0.15, 0.2) is 0 Å². The van der Waals surface area contributed by atoms with E-state index < -0.39 is 6.04 Å². The summed E-state index contributed by atoms with van der Waals surface area (Å²) in [4.78, 5) is 11.6. The van der Waals surface area contributed by atoms with E-state index in [1.165, 1.54) is 11.3 Å². The third-order valence-electron chi connectivity index (χ3n) is 1.68. The molecule has 0 spiro atoms. The molecule has 1 aromatic heterocycles. The van der Waals surface area contributed by atoms with Crippen LogP contribution in [0.4, 0.5) is 0 Å². The highest BCUT2D eigenvalue weighted by Crippen LogP contribution is 2.31. The first-order valence-corrected chi connectivity index (χ1v) is 6.46. The van der Waals surface area contributed by atoms with Gasteiger partial charge in [-0.25, -0.2) is 0 Å². The van der Waals surface area contributed by atoms with Crippen LogP contribution in [0.3, 0.4) is 0 Å². The number of thiophene rings is 1. The van der Waals surface area contributed by atoms with Crippen molar-refractivity contribution in [3.63, 3.8) is 0 Å². The van der Waals surface area contributed by atoms with Crippen molar-refractivity contribution in [3.05, 3.63) is 19.2 Å². The third kappa shape index (κ3) is 3.53. The largest absolute Gasteiger partial charge is 0.394 e. The van der Waals surface area contributed by atoms with Gasteiger partial charge in [-0.15, -0.1) is 11.3 Å². The molecule has 3 N–H and O–H groups in total. The molecule has 0 aliphatic heterocycles. The second-order valence-electron chi connectivity index (χ2n) is 2.77. The first-order chi connectivity index (χ1) is 7.08. The fourth-order valence-electron chi connectivity index (χ4n) is 0.907. The van der Waals surface area contributed by atoms with Gasteiger partial charge in [0.25, 0.3) is 5.91 Å². The minimum absolute atomic E-state index is 0.287. The van der Waals surface area contributed by atoms with Gasteiger partial charge in [0.2, 0.25) is 0 Å². The number of carbonyl (C=O) groups is 1. The monoisotopic (exact) mass is 357 g/mol. The van der Waals surface area contributed by atoms with Gasteiger partial charge in [-0.3, -0.25) is 4.79 Å². The summed E-state index contributed by atoms with van der Waals surface area (Å²) in [5.41, 5.74) is 0.485. The summed E-state index contributed by atoms with van der Waals surface area (Å²) in [5.74, 6) is -0.322. The zero-order chi connectivity index (χ0) is 11.4. The fourth-order valence-corrected chi connectivity index (χ4v) is 3.70. The number of nitrogens with one attached hydrogen (secondary N) is 1. The standard InChI is InChI=1S/C8H9Br2NO3S/c9-6-1-5(7(10)15-6)8(14)11-4(2-12)3-13/h1,4,12-13H,2-3H2,(H,11,14). The van der Waals surface area contributed by atoms with E-state index in [0.29, 0.717) is 9.35 Å². The predicted octanol–water partition coefficient (Wildman–Crippen LogP) is 1.36. The van der Waals surface area contributed by atoms with Gasteiger partial charge in [-0.05, 0) is 37.9 Å². The Morgan fingerprint density at radius 1 is 1.47 bits per heavy atom. The molecule has 84 valence electrons. The van der Waals surface area contributed by atoms with E-state index >= 15 is 0 Å². The maximum absolute atomic E-state index is 11.6. The Morgan fingerprint density at radius 3 is 2.47 bits per heavy atom.